The van der Waals surface area contributed by atoms with Crippen LogP contribution in [-0.2, 0) is 14.3 Å². The van der Waals surface area contributed by atoms with Gasteiger partial charge in [-0.05, 0) is 49.4 Å². The van der Waals surface area contributed by atoms with Crippen LogP contribution in [-0.4, -0.2) is 36.9 Å². The zero-order valence-corrected chi connectivity index (χ0v) is 16.1. The molecule has 1 amide bonds. The Bertz CT molecular complexity index is 748. The maximum Gasteiger partial charge on any atom is 0.344 e. The van der Waals surface area contributed by atoms with Crippen LogP contribution in [0.2, 0.25) is 0 Å². The second-order valence-electron chi connectivity index (χ2n) is 4.71. The van der Waals surface area contributed by atoms with Gasteiger partial charge in [0.25, 0.3) is 5.91 Å². The SMILES string of the molecule is CCOC(=O)COc1cc(Br)c(/C=C2/SC(N)=NC2=O)cc1OCC. The summed E-state index contributed by atoms with van der Waals surface area (Å²) in [5.41, 5.74) is 6.25. The molecule has 0 atom stereocenters. The topological polar surface area (TPSA) is 100 Å². The molecule has 2 rings (SSSR count). The number of amidine groups is 1. The van der Waals surface area contributed by atoms with Crippen molar-refractivity contribution >= 4 is 50.8 Å². The highest BCUT2D eigenvalue weighted by atomic mass is 79.9. The summed E-state index contributed by atoms with van der Waals surface area (Å²) in [4.78, 5) is 27.3. The Balaban J connectivity index is 2.26. The van der Waals surface area contributed by atoms with Gasteiger partial charge < -0.3 is 19.9 Å². The number of ether oxygens (including phenoxy) is 3. The van der Waals surface area contributed by atoms with Gasteiger partial charge in [-0.1, -0.05) is 15.9 Å². The predicted octanol–water partition coefficient (Wildman–Crippen LogP) is 2.72. The van der Waals surface area contributed by atoms with E-state index in [9.17, 15) is 9.59 Å². The molecule has 0 radical (unpaired) electrons. The number of benzene rings is 1. The number of nitrogens with zero attached hydrogens (tertiary/aromatic N) is 1. The minimum atomic E-state index is -0.465. The molecule has 1 aliphatic rings. The lowest BCUT2D eigenvalue weighted by Gasteiger charge is -2.13. The van der Waals surface area contributed by atoms with Crippen molar-refractivity contribution in [1.29, 1.82) is 0 Å². The Hall–Kier alpha value is -2.00. The molecule has 9 heteroatoms. The smallest absolute Gasteiger partial charge is 0.344 e. The standard InChI is InChI=1S/C16H17BrN2O5S/c1-3-22-11-5-9(6-13-15(21)19-16(18)25-13)10(17)7-12(11)24-8-14(20)23-4-2/h5-7H,3-4,8H2,1-2H3,(H2,18,19,21)/b13-6+. The van der Waals surface area contributed by atoms with Crippen LogP contribution < -0.4 is 15.2 Å². The lowest BCUT2D eigenvalue weighted by atomic mass is 10.2. The molecule has 0 spiro atoms. The van der Waals surface area contributed by atoms with Crippen LogP contribution in [0, 0.1) is 0 Å². The number of esters is 1. The second-order valence-corrected chi connectivity index (χ2v) is 6.63. The van der Waals surface area contributed by atoms with Crippen molar-refractivity contribution < 1.29 is 23.8 Å². The number of carbonyl (C=O) groups excluding carboxylic acids is 2. The summed E-state index contributed by atoms with van der Waals surface area (Å²) in [6.45, 7) is 4.03. The largest absolute Gasteiger partial charge is 0.490 e. The van der Waals surface area contributed by atoms with Gasteiger partial charge in [-0.2, -0.15) is 4.99 Å². The quantitative estimate of drug-likeness (QED) is 0.526. The summed E-state index contributed by atoms with van der Waals surface area (Å²) >= 11 is 4.53. The third-order valence-electron chi connectivity index (χ3n) is 2.94. The van der Waals surface area contributed by atoms with Gasteiger partial charge in [0.15, 0.2) is 23.3 Å². The molecule has 134 valence electrons. The van der Waals surface area contributed by atoms with E-state index in [1.165, 1.54) is 0 Å². The number of nitrogens with two attached hydrogens (primary N) is 1. The van der Waals surface area contributed by atoms with Gasteiger partial charge in [-0.3, -0.25) is 4.79 Å². The molecule has 0 fully saturated rings. The van der Waals surface area contributed by atoms with Crippen LogP contribution >= 0.6 is 27.7 Å². The summed E-state index contributed by atoms with van der Waals surface area (Å²) in [5.74, 6) is -0.000817. The minimum Gasteiger partial charge on any atom is -0.490 e. The third-order valence-corrected chi connectivity index (χ3v) is 4.44. The summed E-state index contributed by atoms with van der Waals surface area (Å²) in [6.07, 6.45) is 1.66. The van der Waals surface area contributed by atoms with E-state index >= 15 is 0 Å². The fourth-order valence-corrected chi connectivity index (χ4v) is 3.06. The highest BCUT2D eigenvalue weighted by molar-refractivity contribution is 9.10. The summed E-state index contributed by atoms with van der Waals surface area (Å²) in [5, 5.41) is 0.215. The molecule has 1 aromatic rings. The van der Waals surface area contributed by atoms with Crippen molar-refractivity contribution in [1.82, 2.24) is 0 Å². The molecule has 2 N–H and O–H groups in total. The summed E-state index contributed by atoms with van der Waals surface area (Å²) in [6, 6.07) is 3.38. The van der Waals surface area contributed by atoms with Crippen molar-refractivity contribution in [2.24, 2.45) is 10.7 Å². The average molecular weight is 429 g/mol. The average Bonchev–Trinajstić information content (AvgIpc) is 2.87. The lowest BCUT2D eigenvalue weighted by Crippen LogP contribution is -2.15. The normalized spacial score (nSPS) is 15.2. The van der Waals surface area contributed by atoms with E-state index in [1.54, 1.807) is 25.1 Å². The zero-order chi connectivity index (χ0) is 18.4. The maximum atomic E-state index is 11.7. The van der Waals surface area contributed by atoms with Gasteiger partial charge in [0.05, 0.1) is 18.1 Å². The monoisotopic (exact) mass is 428 g/mol. The van der Waals surface area contributed by atoms with Crippen LogP contribution in [0.3, 0.4) is 0 Å². The van der Waals surface area contributed by atoms with Gasteiger partial charge in [0, 0.05) is 4.47 Å². The number of rotatable bonds is 7. The van der Waals surface area contributed by atoms with Gasteiger partial charge >= 0.3 is 5.97 Å². The van der Waals surface area contributed by atoms with Gasteiger partial charge in [-0.15, -0.1) is 0 Å². The minimum absolute atomic E-state index is 0.215. The van der Waals surface area contributed by atoms with Crippen molar-refractivity contribution in [3.63, 3.8) is 0 Å². The van der Waals surface area contributed by atoms with Gasteiger partial charge in [0.2, 0.25) is 0 Å². The predicted molar refractivity (Wildman–Crippen MR) is 99.6 cm³/mol. The number of thioether (sulfide) groups is 1. The van der Waals surface area contributed by atoms with Crippen molar-refractivity contribution in [2.75, 3.05) is 19.8 Å². The molecule has 0 aromatic heterocycles. The van der Waals surface area contributed by atoms with Gasteiger partial charge in [-0.25, -0.2) is 4.79 Å². The van der Waals surface area contributed by atoms with E-state index < -0.39 is 5.97 Å². The Morgan fingerprint density at radius 3 is 2.60 bits per heavy atom. The molecule has 1 aliphatic heterocycles. The molecule has 0 unspecified atom stereocenters. The molecule has 1 heterocycles. The Kier molecular flexibility index (Phi) is 6.89. The summed E-state index contributed by atoms with van der Waals surface area (Å²) < 4.78 is 16.6. The highest BCUT2D eigenvalue weighted by Crippen LogP contribution is 2.36. The number of carbonyl (C=O) groups is 2. The number of amides is 1. The van der Waals surface area contributed by atoms with Crippen LogP contribution in [0.5, 0.6) is 11.5 Å². The number of halogens is 1. The maximum absolute atomic E-state index is 11.7. The van der Waals surface area contributed by atoms with Crippen molar-refractivity contribution in [3.8, 4) is 11.5 Å². The molecular formula is C16H17BrN2O5S. The van der Waals surface area contributed by atoms with Crippen LogP contribution in [0.15, 0.2) is 26.5 Å². The van der Waals surface area contributed by atoms with Crippen molar-refractivity contribution in [2.45, 2.75) is 13.8 Å². The van der Waals surface area contributed by atoms with Crippen LogP contribution in [0.1, 0.15) is 19.4 Å². The number of aliphatic imine (C=N–C) groups is 1. The Morgan fingerprint density at radius 2 is 2.00 bits per heavy atom. The first-order valence-electron chi connectivity index (χ1n) is 7.47. The highest BCUT2D eigenvalue weighted by Gasteiger charge is 2.20. The lowest BCUT2D eigenvalue weighted by molar-refractivity contribution is -0.145. The first kappa shape index (κ1) is 19.3. The first-order valence-corrected chi connectivity index (χ1v) is 9.08. The summed E-state index contributed by atoms with van der Waals surface area (Å²) in [7, 11) is 0. The zero-order valence-electron chi connectivity index (χ0n) is 13.7. The molecule has 0 aliphatic carbocycles. The molecule has 25 heavy (non-hydrogen) atoms. The molecule has 7 nitrogen and oxygen atoms in total. The molecule has 0 bridgehead atoms. The van der Waals surface area contributed by atoms with Gasteiger partial charge in [0.1, 0.15) is 0 Å². The molecular weight excluding hydrogens is 412 g/mol. The Morgan fingerprint density at radius 1 is 1.28 bits per heavy atom. The van der Waals surface area contributed by atoms with E-state index in [0.717, 1.165) is 11.8 Å². The van der Waals surface area contributed by atoms with E-state index in [2.05, 4.69) is 20.9 Å². The van der Waals surface area contributed by atoms with E-state index in [1.807, 2.05) is 6.92 Å². The van der Waals surface area contributed by atoms with E-state index in [0.29, 0.717) is 33.0 Å². The Labute approximate surface area is 157 Å². The third kappa shape index (κ3) is 5.23. The van der Waals surface area contributed by atoms with Crippen LogP contribution in [0.25, 0.3) is 6.08 Å². The fourth-order valence-electron chi connectivity index (χ4n) is 1.95. The van der Waals surface area contributed by atoms with E-state index in [4.69, 9.17) is 19.9 Å². The molecule has 0 saturated carbocycles. The van der Waals surface area contributed by atoms with E-state index in [-0.39, 0.29) is 24.3 Å². The van der Waals surface area contributed by atoms with Crippen molar-refractivity contribution in [3.05, 3.63) is 27.1 Å². The second kappa shape index (κ2) is 8.91. The first-order chi connectivity index (χ1) is 11.9. The van der Waals surface area contributed by atoms with Crippen LogP contribution in [0.4, 0.5) is 0 Å². The molecule has 1 aromatic carbocycles. The molecule has 0 saturated heterocycles. The fraction of sp³-hybridized carbons (Fsp3) is 0.312. The number of hydrogen-bond acceptors (Lipinski definition) is 7. The number of hydrogen-bond donors (Lipinski definition) is 1.